The summed E-state index contributed by atoms with van der Waals surface area (Å²) in [4.78, 5) is 8.12. The second kappa shape index (κ2) is 7.67. The Morgan fingerprint density at radius 3 is 2.71 bits per heavy atom. The minimum Gasteiger partial charge on any atom is -0.489 e. The second-order valence-electron chi connectivity index (χ2n) is 3.14. The van der Waals surface area contributed by atoms with Crippen molar-refractivity contribution in [2.24, 2.45) is 0 Å². The fourth-order valence-electron chi connectivity index (χ4n) is 1.28. The molecule has 0 bridgehead atoms. The highest BCUT2D eigenvalue weighted by Gasteiger charge is 2.12. The molecule has 0 saturated carbocycles. The lowest BCUT2D eigenvalue weighted by atomic mass is 10.5. The molecule has 1 aromatic rings. The van der Waals surface area contributed by atoms with E-state index < -0.39 is 0 Å². The fraction of sp³-hybridized carbons (Fsp3) is 0.636. The van der Waals surface area contributed by atoms with Crippen LogP contribution in [0.2, 0.25) is 0 Å². The van der Waals surface area contributed by atoms with Gasteiger partial charge in [0.2, 0.25) is 5.75 Å². The van der Waals surface area contributed by atoms with E-state index in [1.165, 1.54) is 6.33 Å². The van der Waals surface area contributed by atoms with Gasteiger partial charge in [-0.1, -0.05) is 0 Å². The monoisotopic (exact) mass is 241 g/mol. The summed E-state index contributed by atoms with van der Waals surface area (Å²) in [6.45, 7) is 6.32. The maximum absolute atomic E-state index is 5.48. The first-order valence-electron chi connectivity index (χ1n) is 5.66. The van der Waals surface area contributed by atoms with E-state index in [-0.39, 0.29) is 0 Å². The van der Waals surface area contributed by atoms with Crippen LogP contribution in [-0.2, 0) is 4.74 Å². The van der Waals surface area contributed by atoms with Gasteiger partial charge in [0.25, 0.3) is 5.88 Å². The Kier molecular flexibility index (Phi) is 6.09. The van der Waals surface area contributed by atoms with Crippen molar-refractivity contribution < 1.29 is 14.2 Å². The van der Waals surface area contributed by atoms with Crippen LogP contribution in [0, 0.1) is 0 Å². The molecule has 1 N–H and O–H groups in total. The third-order valence-corrected chi connectivity index (χ3v) is 1.99. The lowest BCUT2D eigenvalue weighted by molar-refractivity contribution is 0.107. The smallest absolute Gasteiger partial charge is 0.262 e. The van der Waals surface area contributed by atoms with Crippen molar-refractivity contribution >= 4 is 5.82 Å². The molecule has 0 unspecified atom stereocenters. The molecule has 1 rings (SSSR count). The van der Waals surface area contributed by atoms with Gasteiger partial charge in [-0.15, -0.1) is 0 Å². The van der Waals surface area contributed by atoms with E-state index in [0.29, 0.717) is 37.3 Å². The summed E-state index contributed by atoms with van der Waals surface area (Å²) < 4.78 is 15.9. The van der Waals surface area contributed by atoms with Crippen LogP contribution in [0.5, 0.6) is 11.6 Å². The standard InChI is InChI=1S/C11H19N3O3/c1-4-12-10-9(15-3)11(14-8-13-10)17-7-6-16-5-2/h8H,4-7H2,1-3H3,(H,12,13,14). The van der Waals surface area contributed by atoms with Crippen molar-refractivity contribution in [1.82, 2.24) is 9.97 Å². The second-order valence-corrected chi connectivity index (χ2v) is 3.14. The molecule has 0 fully saturated rings. The maximum atomic E-state index is 5.48. The van der Waals surface area contributed by atoms with E-state index in [4.69, 9.17) is 14.2 Å². The zero-order valence-corrected chi connectivity index (χ0v) is 10.5. The summed E-state index contributed by atoms with van der Waals surface area (Å²) in [6, 6.07) is 0. The molecular formula is C11H19N3O3. The fourth-order valence-corrected chi connectivity index (χ4v) is 1.28. The van der Waals surface area contributed by atoms with Gasteiger partial charge in [-0.3, -0.25) is 0 Å². The molecule has 0 radical (unpaired) electrons. The number of hydrogen-bond acceptors (Lipinski definition) is 6. The van der Waals surface area contributed by atoms with Crippen LogP contribution < -0.4 is 14.8 Å². The number of nitrogens with one attached hydrogen (secondary N) is 1. The van der Waals surface area contributed by atoms with Crippen molar-refractivity contribution in [3.8, 4) is 11.6 Å². The maximum Gasteiger partial charge on any atom is 0.262 e. The number of hydrogen-bond donors (Lipinski definition) is 1. The highest BCUT2D eigenvalue weighted by atomic mass is 16.5. The number of rotatable bonds is 8. The van der Waals surface area contributed by atoms with Crippen molar-refractivity contribution in [1.29, 1.82) is 0 Å². The largest absolute Gasteiger partial charge is 0.489 e. The minimum absolute atomic E-state index is 0.429. The molecule has 6 heteroatoms. The van der Waals surface area contributed by atoms with Crippen molar-refractivity contribution in [3.05, 3.63) is 6.33 Å². The zero-order valence-electron chi connectivity index (χ0n) is 10.5. The molecule has 96 valence electrons. The van der Waals surface area contributed by atoms with E-state index in [9.17, 15) is 0 Å². The van der Waals surface area contributed by atoms with E-state index >= 15 is 0 Å². The molecule has 0 aromatic carbocycles. The Labute approximate surface area is 101 Å². The Morgan fingerprint density at radius 1 is 1.24 bits per heavy atom. The third-order valence-electron chi connectivity index (χ3n) is 1.99. The molecular weight excluding hydrogens is 222 g/mol. The average molecular weight is 241 g/mol. The van der Waals surface area contributed by atoms with Gasteiger partial charge in [0, 0.05) is 13.2 Å². The summed E-state index contributed by atoms with van der Waals surface area (Å²) in [6.07, 6.45) is 1.44. The Morgan fingerprint density at radius 2 is 2.06 bits per heavy atom. The molecule has 0 aliphatic carbocycles. The molecule has 0 atom stereocenters. The predicted octanol–water partition coefficient (Wildman–Crippen LogP) is 1.33. The van der Waals surface area contributed by atoms with Gasteiger partial charge < -0.3 is 19.5 Å². The Bertz CT molecular complexity index is 334. The summed E-state index contributed by atoms with van der Waals surface area (Å²) in [5, 5.41) is 3.08. The molecule has 0 amide bonds. The van der Waals surface area contributed by atoms with Crippen LogP contribution in [0.4, 0.5) is 5.82 Å². The first-order chi connectivity index (χ1) is 8.33. The van der Waals surface area contributed by atoms with Crippen LogP contribution in [0.25, 0.3) is 0 Å². The molecule has 0 saturated heterocycles. The highest BCUT2D eigenvalue weighted by molar-refractivity contribution is 5.54. The molecule has 1 aromatic heterocycles. The summed E-state index contributed by atoms with van der Waals surface area (Å²) in [5.41, 5.74) is 0. The van der Waals surface area contributed by atoms with Gasteiger partial charge >= 0.3 is 0 Å². The van der Waals surface area contributed by atoms with E-state index in [0.717, 1.165) is 6.54 Å². The van der Waals surface area contributed by atoms with Crippen LogP contribution in [-0.4, -0.2) is 43.4 Å². The van der Waals surface area contributed by atoms with Gasteiger partial charge in [0.05, 0.1) is 13.7 Å². The topological polar surface area (TPSA) is 65.5 Å². The predicted molar refractivity (Wildman–Crippen MR) is 64.7 cm³/mol. The Balaban J connectivity index is 2.66. The number of anilines is 1. The first-order valence-corrected chi connectivity index (χ1v) is 5.66. The van der Waals surface area contributed by atoms with Crippen molar-refractivity contribution in [2.75, 3.05) is 38.8 Å². The van der Waals surface area contributed by atoms with Gasteiger partial charge in [-0.05, 0) is 13.8 Å². The van der Waals surface area contributed by atoms with E-state index in [1.807, 2.05) is 13.8 Å². The van der Waals surface area contributed by atoms with E-state index in [2.05, 4.69) is 15.3 Å². The Hall–Kier alpha value is -1.56. The van der Waals surface area contributed by atoms with Crippen LogP contribution in [0.3, 0.4) is 0 Å². The molecule has 0 aliphatic rings. The van der Waals surface area contributed by atoms with Crippen LogP contribution >= 0.6 is 0 Å². The summed E-state index contributed by atoms with van der Waals surface area (Å²) in [7, 11) is 1.56. The number of nitrogens with zero attached hydrogens (tertiary/aromatic N) is 2. The van der Waals surface area contributed by atoms with Gasteiger partial charge in [0.1, 0.15) is 12.9 Å². The third kappa shape index (κ3) is 4.07. The van der Waals surface area contributed by atoms with Gasteiger partial charge in [-0.25, -0.2) is 4.98 Å². The highest BCUT2D eigenvalue weighted by Crippen LogP contribution is 2.30. The SMILES string of the molecule is CCNc1ncnc(OCCOCC)c1OC. The molecule has 6 nitrogen and oxygen atoms in total. The first kappa shape index (κ1) is 13.5. The molecule has 17 heavy (non-hydrogen) atoms. The number of aromatic nitrogens is 2. The molecule has 0 spiro atoms. The average Bonchev–Trinajstić information content (AvgIpc) is 2.35. The lowest BCUT2D eigenvalue weighted by Crippen LogP contribution is -2.10. The summed E-state index contributed by atoms with van der Waals surface area (Å²) >= 11 is 0. The van der Waals surface area contributed by atoms with E-state index in [1.54, 1.807) is 7.11 Å². The van der Waals surface area contributed by atoms with Crippen molar-refractivity contribution in [2.45, 2.75) is 13.8 Å². The van der Waals surface area contributed by atoms with Crippen LogP contribution in [0.15, 0.2) is 6.33 Å². The molecule has 1 heterocycles. The quantitative estimate of drug-likeness (QED) is 0.693. The molecule has 0 aliphatic heterocycles. The minimum atomic E-state index is 0.429. The normalized spacial score (nSPS) is 10.1. The van der Waals surface area contributed by atoms with Crippen molar-refractivity contribution in [3.63, 3.8) is 0 Å². The zero-order chi connectivity index (χ0) is 12.5. The van der Waals surface area contributed by atoms with Gasteiger partial charge in [0.15, 0.2) is 5.82 Å². The lowest BCUT2D eigenvalue weighted by Gasteiger charge is -2.12. The van der Waals surface area contributed by atoms with Crippen LogP contribution in [0.1, 0.15) is 13.8 Å². The van der Waals surface area contributed by atoms with Gasteiger partial charge in [-0.2, -0.15) is 4.98 Å². The summed E-state index contributed by atoms with van der Waals surface area (Å²) in [5.74, 6) is 1.58. The number of ether oxygens (including phenoxy) is 3. The number of methoxy groups -OCH3 is 1.